The third-order valence-electron chi connectivity index (χ3n) is 6.65. The molecule has 210 valence electrons. The largest absolute Gasteiger partial charge is 0.372 e. The summed E-state index contributed by atoms with van der Waals surface area (Å²) in [4.78, 5) is 64.5. The van der Waals surface area contributed by atoms with E-state index < -0.39 is 48.0 Å². The van der Waals surface area contributed by atoms with E-state index in [1.807, 2.05) is 30.3 Å². The van der Waals surface area contributed by atoms with Crippen LogP contribution in [0.1, 0.15) is 59.9 Å². The molecule has 0 radical (unpaired) electrons. The number of nitrogens with zero attached hydrogens (tertiary/aromatic N) is 1. The highest BCUT2D eigenvalue weighted by atomic mass is 16.5. The van der Waals surface area contributed by atoms with Gasteiger partial charge in [-0.05, 0) is 23.8 Å². The van der Waals surface area contributed by atoms with Crippen molar-refractivity contribution in [1.29, 1.82) is 0 Å². The van der Waals surface area contributed by atoms with Gasteiger partial charge in [-0.3, -0.25) is 19.2 Å². The Hall–Kier alpha value is -3.27. The fraction of sp³-hybridized carbons (Fsp3) is 0.607. The number of likely N-dealkylation sites (tertiary alicyclic amines) is 1. The maximum absolute atomic E-state index is 13.8. The number of nitrogens with one attached hydrogen (secondary N) is 3. The predicted octanol–water partition coefficient (Wildman–Crippen LogP) is 1.57. The Kier molecular flexibility index (Phi) is 11.9. The molecule has 1 aliphatic heterocycles. The van der Waals surface area contributed by atoms with Crippen molar-refractivity contribution in [2.24, 2.45) is 11.8 Å². The number of rotatable bonds is 13. The molecule has 1 aromatic rings. The molecule has 1 saturated heterocycles. The van der Waals surface area contributed by atoms with E-state index in [1.165, 1.54) is 11.8 Å². The van der Waals surface area contributed by atoms with E-state index in [0.29, 0.717) is 19.3 Å². The van der Waals surface area contributed by atoms with Crippen molar-refractivity contribution < 1.29 is 28.7 Å². The summed E-state index contributed by atoms with van der Waals surface area (Å²) in [7, 11) is 0. The van der Waals surface area contributed by atoms with E-state index in [0.717, 1.165) is 5.56 Å². The molecule has 38 heavy (non-hydrogen) atoms. The third kappa shape index (κ3) is 8.65. The second kappa shape index (κ2) is 14.6. The van der Waals surface area contributed by atoms with Crippen LogP contribution in [0.25, 0.3) is 0 Å². The smallest absolute Gasteiger partial charge is 0.246 e. The van der Waals surface area contributed by atoms with Gasteiger partial charge < -0.3 is 30.4 Å². The summed E-state index contributed by atoms with van der Waals surface area (Å²) >= 11 is 0. The van der Waals surface area contributed by atoms with Crippen molar-refractivity contribution in [3.8, 4) is 0 Å². The van der Waals surface area contributed by atoms with Crippen molar-refractivity contribution in [2.75, 3.05) is 6.54 Å². The van der Waals surface area contributed by atoms with Crippen molar-refractivity contribution in [3.05, 3.63) is 35.9 Å². The minimum atomic E-state index is -0.922. The van der Waals surface area contributed by atoms with Crippen LogP contribution in [0.2, 0.25) is 0 Å². The summed E-state index contributed by atoms with van der Waals surface area (Å²) in [5.41, 5.74) is 0.968. The number of ether oxygens (including phenoxy) is 1. The van der Waals surface area contributed by atoms with Crippen LogP contribution in [-0.4, -0.2) is 71.6 Å². The highest BCUT2D eigenvalue weighted by molar-refractivity contribution is 5.95. The second-order valence-corrected chi connectivity index (χ2v) is 10.5. The highest BCUT2D eigenvalue weighted by Gasteiger charge is 2.44. The van der Waals surface area contributed by atoms with Crippen molar-refractivity contribution in [3.63, 3.8) is 0 Å². The zero-order chi connectivity index (χ0) is 28.4. The number of carbonyl (C=O) groups excluding carboxylic acids is 5. The molecule has 1 aromatic carbocycles. The van der Waals surface area contributed by atoms with Crippen LogP contribution >= 0.6 is 0 Å². The highest BCUT2D eigenvalue weighted by Crippen LogP contribution is 2.24. The number of hydrogen-bond acceptors (Lipinski definition) is 6. The van der Waals surface area contributed by atoms with Gasteiger partial charge in [-0.25, -0.2) is 0 Å². The summed E-state index contributed by atoms with van der Waals surface area (Å²) in [6.07, 6.45) is 0.957. The fourth-order valence-corrected chi connectivity index (χ4v) is 4.40. The van der Waals surface area contributed by atoms with Gasteiger partial charge in [0.1, 0.15) is 24.4 Å². The van der Waals surface area contributed by atoms with Gasteiger partial charge in [-0.1, -0.05) is 65.0 Å². The minimum absolute atomic E-state index is 0.167. The maximum atomic E-state index is 13.8. The van der Waals surface area contributed by atoms with E-state index in [-0.39, 0.29) is 30.7 Å². The average Bonchev–Trinajstić information content (AvgIpc) is 3.31. The van der Waals surface area contributed by atoms with Gasteiger partial charge in [0.15, 0.2) is 0 Å². The molecule has 10 nitrogen and oxygen atoms in total. The zero-order valence-corrected chi connectivity index (χ0v) is 23.2. The van der Waals surface area contributed by atoms with Gasteiger partial charge >= 0.3 is 0 Å². The molecular weight excluding hydrogens is 488 g/mol. The first-order valence-corrected chi connectivity index (χ1v) is 13.3. The lowest BCUT2D eigenvalue weighted by Gasteiger charge is -2.32. The Morgan fingerprint density at radius 3 is 2.16 bits per heavy atom. The van der Waals surface area contributed by atoms with E-state index in [2.05, 4.69) is 16.0 Å². The van der Waals surface area contributed by atoms with Crippen LogP contribution in [0.5, 0.6) is 0 Å². The summed E-state index contributed by atoms with van der Waals surface area (Å²) in [5.74, 6) is -2.15. The van der Waals surface area contributed by atoms with Crippen LogP contribution in [0, 0.1) is 11.8 Å². The lowest BCUT2D eigenvalue weighted by atomic mass is 9.99. The second-order valence-electron chi connectivity index (χ2n) is 10.5. The summed E-state index contributed by atoms with van der Waals surface area (Å²) in [5, 5.41) is 8.15. The molecule has 4 amide bonds. The molecule has 0 aliphatic carbocycles. The van der Waals surface area contributed by atoms with Crippen LogP contribution < -0.4 is 16.0 Å². The molecule has 0 aromatic heterocycles. The Balaban J connectivity index is 2.25. The summed E-state index contributed by atoms with van der Waals surface area (Å²) in [6.45, 7) is 10.8. The monoisotopic (exact) mass is 530 g/mol. The van der Waals surface area contributed by atoms with E-state index in [4.69, 9.17) is 4.74 Å². The molecule has 3 N–H and O–H groups in total. The van der Waals surface area contributed by atoms with E-state index in [9.17, 15) is 24.0 Å². The first-order chi connectivity index (χ1) is 18.0. The van der Waals surface area contributed by atoms with E-state index >= 15 is 0 Å². The number of benzene rings is 1. The first kappa shape index (κ1) is 31.0. The Bertz CT molecular complexity index is 967. The summed E-state index contributed by atoms with van der Waals surface area (Å²) < 4.78 is 6.06. The maximum Gasteiger partial charge on any atom is 0.246 e. The molecule has 10 heteroatoms. The van der Waals surface area contributed by atoms with Gasteiger partial charge in [-0.15, -0.1) is 0 Å². The lowest BCUT2D eigenvalue weighted by Crippen LogP contribution is -2.59. The van der Waals surface area contributed by atoms with Gasteiger partial charge in [0, 0.05) is 19.9 Å². The normalized spacial score (nSPS) is 19.5. The predicted molar refractivity (Wildman–Crippen MR) is 143 cm³/mol. The topological polar surface area (TPSA) is 134 Å². The molecule has 0 unspecified atom stereocenters. The Morgan fingerprint density at radius 1 is 1.00 bits per heavy atom. The molecule has 0 bridgehead atoms. The molecule has 1 aliphatic rings. The SMILES string of the molecule is CC[C@@H](C=O)NC(=O)[C@@H]1C[C@@H](OCc2ccccc2)CN1C(=O)[C@@H](NC(=O)[C@@H](NC(C)=O)C(C)C)C(C)C. The molecule has 5 atom stereocenters. The Labute approximate surface area is 225 Å². The molecule has 0 saturated carbocycles. The van der Waals surface area contributed by atoms with Gasteiger partial charge in [0.25, 0.3) is 0 Å². The number of aldehydes is 1. The van der Waals surface area contributed by atoms with Gasteiger partial charge in [0.2, 0.25) is 23.6 Å². The number of hydrogen-bond donors (Lipinski definition) is 3. The molecule has 2 rings (SSSR count). The standard InChI is InChI=1S/C28H42N4O6/c1-7-21(15-33)30-26(35)23-13-22(38-16-20-11-9-8-10-12-20)14-32(23)28(37)25(18(4)5)31-27(36)24(17(2)3)29-19(6)34/h8-12,15,17-18,21-25H,7,13-14,16H2,1-6H3,(H,29,34)(H,30,35)(H,31,36)/t21-,22+,23-,24-,25-/m0/s1. The zero-order valence-electron chi connectivity index (χ0n) is 23.2. The molecular formula is C28H42N4O6. The van der Waals surface area contributed by atoms with Crippen LogP contribution in [0.3, 0.4) is 0 Å². The number of amides is 4. The molecule has 1 fully saturated rings. The molecule has 1 heterocycles. The average molecular weight is 531 g/mol. The summed E-state index contributed by atoms with van der Waals surface area (Å²) in [6, 6.07) is 6.35. The number of carbonyl (C=O) groups is 5. The van der Waals surface area contributed by atoms with Crippen molar-refractivity contribution >= 4 is 29.9 Å². The Morgan fingerprint density at radius 2 is 1.63 bits per heavy atom. The molecule has 0 spiro atoms. The fourth-order valence-electron chi connectivity index (χ4n) is 4.40. The van der Waals surface area contributed by atoms with Gasteiger partial charge in [0.05, 0.1) is 18.8 Å². The third-order valence-corrected chi connectivity index (χ3v) is 6.65. The lowest BCUT2D eigenvalue weighted by molar-refractivity contribution is -0.143. The minimum Gasteiger partial charge on any atom is -0.372 e. The van der Waals surface area contributed by atoms with Crippen LogP contribution in [-0.2, 0) is 35.3 Å². The van der Waals surface area contributed by atoms with Gasteiger partial charge in [-0.2, -0.15) is 0 Å². The van der Waals surface area contributed by atoms with E-state index in [1.54, 1.807) is 34.6 Å². The quantitative estimate of drug-likeness (QED) is 0.332. The van der Waals surface area contributed by atoms with Crippen molar-refractivity contribution in [2.45, 2.75) is 91.3 Å². The first-order valence-electron chi connectivity index (χ1n) is 13.3. The van der Waals surface area contributed by atoms with Crippen LogP contribution in [0.4, 0.5) is 0 Å². The van der Waals surface area contributed by atoms with Crippen LogP contribution in [0.15, 0.2) is 30.3 Å². The van der Waals surface area contributed by atoms with Crippen molar-refractivity contribution in [1.82, 2.24) is 20.9 Å².